The normalized spacial score (nSPS) is 9.33. The standard InChI is InChI=1S/C10H12N2O3/c11-9(13)12-10(14)15-7-6-8-4-2-1-3-5-8/h1-5H,6-7H2,(H3,11,12,13,14). The number of hydrogen-bond donors (Lipinski definition) is 2. The third-order valence-electron chi connectivity index (χ3n) is 1.69. The number of nitrogens with two attached hydrogens (primary N) is 1. The fraction of sp³-hybridized carbons (Fsp3) is 0.200. The first-order chi connectivity index (χ1) is 7.18. The van der Waals surface area contributed by atoms with Gasteiger partial charge < -0.3 is 10.5 Å². The number of nitrogens with one attached hydrogen (secondary N) is 1. The molecule has 0 bridgehead atoms. The number of hydrogen-bond acceptors (Lipinski definition) is 3. The van der Waals surface area contributed by atoms with Crippen LogP contribution in [0.15, 0.2) is 30.3 Å². The molecule has 0 aliphatic rings. The number of ether oxygens (including phenoxy) is 1. The smallest absolute Gasteiger partial charge is 0.415 e. The topological polar surface area (TPSA) is 81.4 Å². The number of rotatable bonds is 3. The highest BCUT2D eigenvalue weighted by Crippen LogP contribution is 1.99. The molecule has 1 rings (SSSR count). The maximum Gasteiger partial charge on any atom is 0.415 e. The van der Waals surface area contributed by atoms with Crippen LogP contribution in [0.1, 0.15) is 5.56 Å². The lowest BCUT2D eigenvalue weighted by molar-refractivity contribution is 0.149. The minimum atomic E-state index is -0.917. The number of alkyl carbamates (subject to hydrolysis) is 1. The van der Waals surface area contributed by atoms with Gasteiger partial charge in [0.15, 0.2) is 0 Å². The highest BCUT2D eigenvalue weighted by Gasteiger charge is 2.03. The molecule has 0 spiro atoms. The van der Waals surface area contributed by atoms with Gasteiger partial charge in [0.1, 0.15) is 0 Å². The summed E-state index contributed by atoms with van der Waals surface area (Å²) >= 11 is 0. The average molecular weight is 208 g/mol. The van der Waals surface area contributed by atoms with Gasteiger partial charge in [-0.1, -0.05) is 30.3 Å². The lowest BCUT2D eigenvalue weighted by atomic mass is 10.2. The molecule has 0 aromatic heterocycles. The molecule has 0 radical (unpaired) electrons. The zero-order valence-electron chi connectivity index (χ0n) is 8.10. The third kappa shape index (κ3) is 4.66. The molecule has 0 atom stereocenters. The second-order valence-electron chi connectivity index (χ2n) is 2.86. The van der Waals surface area contributed by atoms with Crippen LogP contribution < -0.4 is 11.1 Å². The number of urea groups is 1. The van der Waals surface area contributed by atoms with Crippen LogP contribution in [0.2, 0.25) is 0 Å². The van der Waals surface area contributed by atoms with E-state index in [1.165, 1.54) is 0 Å². The maximum atomic E-state index is 10.8. The van der Waals surface area contributed by atoms with E-state index in [-0.39, 0.29) is 6.61 Å². The Morgan fingerprint density at radius 3 is 2.53 bits per heavy atom. The summed E-state index contributed by atoms with van der Waals surface area (Å²) in [7, 11) is 0. The van der Waals surface area contributed by atoms with Crippen LogP contribution in [0, 0.1) is 0 Å². The lowest BCUT2D eigenvalue weighted by Gasteiger charge is -2.03. The number of carbonyl (C=O) groups excluding carboxylic acids is 2. The molecule has 1 aromatic carbocycles. The first-order valence-electron chi connectivity index (χ1n) is 4.45. The minimum absolute atomic E-state index is 0.211. The molecule has 5 heteroatoms. The summed E-state index contributed by atoms with van der Waals surface area (Å²) in [6, 6.07) is 8.65. The van der Waals surface area contributed by atoms with Crippen molar-refractivity contribution < 1.29 is 14.3 Å². The second-order valence-corrected chi connectivity index (χ2v) is 2.86. The fourth-order valence-corrected chi connectivity index (χ4v) is 1.04. The Kier molecular flexibility index (Phi) is 4.15. The number of amides is 3. The summed E-state index contributed by atoms with van der Waals surface area (Å²) in [5, 5.41) is 1.81. The molecular formula is C10H12N2O3. The van der Waals surface area contributed by atoms with Gasteiger partial charge in [0, 0.05) is 6.42 Å². The van der Waals surface area contributed by atoms with Gasteiger partial charge in [0.05, 0.1) is 6.61 Å². The predicted molar refractivity (Wildman–Crippen MR) is 54.2 cm³/mol. The van der Waals surface area contributed by atoms with E-state index in [9.17, 15) is 9.59 Å². The molecule has 5 nitrogen and oxygen atoms in total. The van der Waals surface area contributed by atoms with Gasteiger partial charge in [-0.05, 0) is 5.56 Å². The average Bonchev–Trinajstić information content (AvgIpc) is 2.18. The lowest BCUT2D eigenvalue weighted by Crippen LogP contribution is -2.35. The summed E-state index contributed by atoms with van der Waals surface area (Å²) < 4.78 is 4.71. The number of carbonyl (C=O) groups is 2. The van der Waals surface area contributed by atoms with Crippen molar-refractivity contribution in [2.45, 2.75) is 6.42 Å². The van der Waals surface area contributed by atoms with Crippen molar-refractivity contribution in [1.82, 2.24) is 5.32 Å². The molecule has 0 fully saturated rings. The van der Waals surface area contributed by atoms with E-state index in [0.717, 1.165) is 5.56 Å². The van der Waals surface area contributed by atoms with Crippen LogP contribution in [0.25, 0.3) is 0 Å². The largest absolute Gasteiger partial charge is 0.449 e. The van der Waals surface area contributed by atoms with Gasteiger partial charge in [0.25, 0.3) is 0 Å². The monoisotopic (exact) mass is 208 g/mol. The van der Waals surface area contributed by atoms with Crippen molar-refractivity contribution in [2.75, 3.05) is 6.61 Å². The molecule has 0 aliphatic heterocycles. The van der Waals surface area contributed by atoms with E-state index in [1.807, 2.05) is 30.3 Å². The van der Waals surface area contributed by atoms with Crippen molar-refractivity contribution in [3.8, 4) is 0 Å². The molecule has 0 unspecified atom stereocenters. The number of primary amides is 1. The van der Waals surface area contributed by atoms with Crippen molar-refractivity contribution in [3.63, 3.8) is 0 Å². The van der Waals surface area contributed by atoms with Gasteiger partial charge in [0.2, 0.25) is 0 Å². The van der Waals surface area contributed by atoms with Gasteiger partial charge in [-0.25, -0.2) is 14.9 Å². The van der Waals surface area contributed by atoms with Crippen molar-refractivity contribution >= 4 is 12.1 Å². The van der Waals surface area contributed by atoms with Crippen LogP contribution in [0.5, 0.6) is 0 Å². The van der Waals surface area contributed by atoms with E-state index in [2.05, 4.69) is 0 Å². The zero-order valence-corrected chi connectivity index (χ0v) is 8.10. The number of imide groups is 1. The molecule has 0 saturated heterocycles. The number of benzene rings is 1. The molecule has 0 aliphatic carbocycles. The summed E-state index contributed by atoms with van der Waals surface area (Å²) in [6.45, 7) is 0.211. The van der Waals surface area contributed by atoms with Crippen molar-refractivity contribution in [3.05, 3.63) is 35.9 Å². The van der Waals surface area contributed by atoms with E-state index in [0.29, 0.717) is 6.42 Å². The van der Waals surface area contributed by atoms with Crippen LogP contribution >= 0.6 is 0 Å². The summed E-state index contributed by atoms with van der Waals surface area (Å²) in [4.78, 5) is 21.1. The van der Waals surface area contributed by atoms with E-state index in [1.54, 1.807) is 5.32 Å². The summed E-state index contributed by atoms with van der Waals surface area (Å²) in [6.07, 6.45) is -0.217. The summed E-state index contributed by atoms with van der Waals surface area (Å²) in [5.41, 5.74) is 5.78. The van der Waals surface area contributed by atoms with E-state index in [4.69, 9.17) is 10.5 Å². The zero-order chi connectivity index (χ0) is 11.1. The molecule has 15 heavy (non-hydrogen) atoms. The maximum absolute atomic E-state index is 10.8. The quantitative estimate of drug-likeness (QED) is 0.778. The Hall–Kier alpha value is -2.04. The molecule has 0 saturated carbocycles. The second kappa shape index (κ2) is 5.64. The molecule has 0 heterocycles. The molecule has 80 valence electrons. The van der Waals surface area contributed by atoms with Gasteiger partial charge in [-0.3, -0.25) is 0 Å². The van der Waals surface area contributed by atoms with Crippen LogP contribution in [0.3, 0.4) is 0 Å². The van der Waals surface area contributed by atoms with E-state index >= 15 is 0 Å². The van der Waals surface area contributed by atoms with Crippen LogP contribution in [0.4, 0.5) is 9.59 Å². The fourth-order valence-electron chi connectivity index (χ4n) is 1.04. The Morgan fingerprint density at radius 2 is 1.93 bits per heavy atom. The highest BCUT2D eigenvalue weighted by molar-refractivity contribution is 5.89. The predicted octanol–water partition coefficient (Wildman–Crippen LogP) is 1.03. The van der Waals surface area contributed by atoms with Gasteiger partial charge in [-0.15, -0.1) is 0 Å². The molecule has 3 amide bonds. The SMILES string of the molecule is NC(=O)NC(=O)OCCc1ccccc1. The summed E-state index contributed by atoms with van der Waals surface area (Å²) in [5.74, 6) is 0. The van der Waals surface area contributed by atoms with Gasteiger partial charge >= 0.3 is 12.1 Å². The molecule has 3 N–H and O–H groups in total. The third-order valence-corrected chi connectivity index (χ3v) is 1.69. The van der Waals surface area contributed by atoms with E-state index < -0.39 is 12.1 Å². The molecular weight excluding hydrogens is 196 g/mol. The van der Waals surface area contributed by atoms with Gasteiger partial charge in [-0.2, -0.15) is 0 Å². The highest BCUT2D eigenvalue weighted by atomic mass is 16.5. The first-order valence-corrected chi connectivity index (χ1v) is 4.45. The molecule has 1 aromatic rings. The Labute approximate surface area is 87.2 Å². The van der Waals surface area contributed by atoms with Crippen LogP contribution in [-0.2, 0) is 11.2 Å². The van der Waals surface area contributed by atoms with Crippen molar-refractivity contribution in [2.24, 2.45) is 5.73 Å². The minimum Gasteiger partial charge on any atom is -0.449 e. The Bertz CT molecular complexity index is 338. The Morgan fingerprint density at radius 1 is 1.27 bits per heavy atom. The van der Waals surface area contributed by atoms with Crippen LogP contribution in [-0.4, -0.2) is 18.7 Å². The van der Waals surface area contributed by atoms with Crippen molar-refractivity contribution in [1.29, 1.82) is 0 Å². The first kappa shape index (κ1) is 11.0. The Balaban J connectivity index is 2.22.